The average molecular weight is 266 g/mol. The Morgan fingerprint density at radius 2 is 1.75 bits per heavy atom. The highest BCUT2D eigenvalue weighted by Crippen LogP contribution is 2.30. The molecule has 3 rings (SSSR count). The molecule has 20 heavy (non-hydrogen) atoms. The van der Waals surface area contributed by atoms with Crippen LogP contribution < -0.4 is 10.6 Å². The number of anilines is 1. The molecule has 0 radical (unpaired) electrons. The van der Waals surface area contributed by atoms with E-state index in [0.717, 1.165) is 22.4 Å². The van der Waals surface area contributed by atoms with E-state index in [1.807, 2.05) is 25.1 Å². The van der Waals surface area contributed by atoms with Gasteiger partial charge in [0.1, 0.15) is 6.17 Å². The summed E-state index contributed by atoms with van der Waals surface area (Å²) in [6.45, 7) is 6.08. The third-order valence-electron chi connectivity index (χ3n) is 3.82. The number of nitrogens with one attached hydrogen (secondary N) is 2. The number of hydrogen-bond acceptors (Lipinski definition) is 2. The lowest BCUT2D eigenvalue weighted by atomic mass is 9.98. The van der Waals surface area contributed by atoms with Gasteiger partial charge in [-0.15, -0.1) is 0 Å². The Hall–Kier alpha value is -2.29. The Labute approximate surface area is 119 Å². The maximum Gasteiger partial charge on any atom is 0.255 e. The largest absolute Gasteiger partial charge is 0.361 e. The van der Waals surface area contributed by atoms with Crippen LogP contribution in [0.3, 0.4) is 0 Å². The first kappa shape index (κ1) is 12.7. The third kappa shape index (κ3) is 2.05. The summed E-state index contributed by atoms with van der Waals surface area (Å²) in [5, 5.41) is 6.47. The molecule has 2 N–H and O–H groups in total. The highest BCUT2D eigenvalue weighted by atomic mass is 16.2. The molecular weight excluding hydrogens is 248 g/mol. The Balaban J connectivity index is 2.04. The van der Waals surface area contributed by atoms with Crippen molar-refractivity contribution in [2.45, 2.75) is 26.9 Å². The molecule has 1 heterocycles. The van der Waals surface area contributed by atoms with E-state index in [-0.39, 0.29) is 12.1 Å². The SMILES string of the molecule is Cc1ccc(C)c(C2NC(=O)c3c(C)cccc3N2)c1. The van der Waals surface area contributed by atoms with Crippen molar-refractivity contribution >= 4 is 11.6 Å². The summed E-state index contributed by atoms with van der Waals surface area (Å²) in [5.74, 6) is -0.0113. The number of carbonyl (C=O) groups is 1. The lowest BCUT2D eigenvalue weighted by Crippen LogP contribution is -2.39. The van der Waals surface area contributed by atoms with Gasteiger partial charge in [0.25, 0.3) is 5.91 Å². The van der Waals surface area contributed by atoms with Crippen LogP contribution in [0.1, 0.15) is 38.8 Å². The van der Waals surface area contributed by atoms with E-state index >= 15 is 0 Å². The minimum absolute atomic E-state index is 0.0113. The van der Waals surface area contributed by atoms with Gasteiger partial charge in [-0.2, -0.15) is 0 Å². The first-order valence-electron chi connectivity index (χ1n) is 6.80. The van der Waals surface area contributed by atoms with E-state index in [1.165, 1.54) is 11.1 Å². The molecule has 3 heteroatoms. The van der Waals surface area contributed by atoms with E-state index < -0.39 is 0 Å². The quantitative estimate of drug-likeness (QED) is 0.830. The number of fused-ring (bicyclic) bond motifs is 1. The fourth-order valence-corrected chi connectivity index (χ4v) is 2.71. The third-order valence-corrected chi connectivity index (χ3v) is 3.82. The van der Waals surface area contributed by atoms with Crippen molar-refractivity contribution in [3.8, 4) is 0 Å². The van der Waals surface area contributed by atoms with E-state index in [9.17, 15) is 4.79 Å². The standard InChI is InChI=1S/C17H18N2O/c1-10-7-8-11(2)13(9-10)16-18-14-6-4-5-12(3)15(14)17(20)19-16/h4-9,16,18H,1-3H3,(H,19,20). The van der Waals surface area contributed by atoms with E-state index in [0.29, 0.717) is 0 Å². The smallest absolute Gasteiger partial charge is 0.255 e. The molecule has 3 nitrogen and oxygen atoms in total. The average Bonchev–Trinajstić information content (AvgIpc) is 2.41. The van der Waals surface area contributed by atoms with Gasteiger partial charge >= 0.3 is 0 Å². The molecule has 1 aliphatic rings. The lowest BCUT2D eigenvalue weighted by molar-refractivity contribution is 0.0935. The van der Waals surface area contributed by atoms with E-state index in [2.05, 4.69) is 42.7 Å². The van der Waals surface area contributed by atoms with Gasteiger partial charge < -0.3 is 10.6 Å². The molecule has 0 spiro atoms. The normalized spacial score (nSPS) is 17.1. The Bertz CT molecular complexity index is 691. The van der Waals surface area contributed by atoms with Crippen molar-refractivity contribution in [1.82, 2.24) is 5.32 Å². The van der Waals surface area contributed by atoms with Gasteiger partial charge in [0.2, 0.25) is 0 Å². The van der Waals surface area contributed by atoms with Gasteiger partial charge in [-0.05, 0) is 43.5 Å². The van der Waals surface area contributed by atoms with Gasteiger partial charge in [0, 0.05) is 5.69 Å². The van der Waals surface area contributed by atoms with Gasteiger partial charge in [-0.25, -0.2) is 0 Å². The molecule has 1 unspecified atom stereocenters. The number of hydrogen-bond donors (Lipinski definition) is 2. The fourth-order valence-electron chi connectivity index (χ4n) is 2.71. The minimum atomic E-state index is -0.170. The first-order chi connectivity index (χ1) is 9.56. The fraction of sp³-hybridized carbons (Fsp3) is 0.235. The number of carbonyl (C=O) groups excluding carboxylic acids is 1. The van der Waals surface area contributed by atoms with Crippen molar-refractivity contribution in [3.63, 3.8) is 0 Å². The molecule has 0 aromatic heterocycles. The second-order valence-electron chi connectivity index (χ2n) is 5.41. The lowest BCUT2D eigenvalue weighted by Gasteiger charge is -2.30. The number of aryl methyl sites for hydroxylation is 3. The summed E-state index contributed by atoms with van der Waals surface area (Å²) in [6.07, 6.45) is -0.170. The maximum atomic E-state index is 12.3. The Morgan fingerprint density at radius 1 is 0.950 bits per heavy atom. The highest BCUT2D eigenvalue weighted by Gasteiger charge is 2.26. The summed E-state index contributed by atoms with van der Waals surface area (Å²) in [6, 6.07) is 12.2. The highest BCUT2D eigenvalue weighted by molar-refractivity contribution is 6.03. The van der Waals surface area contributed by atoms with Crippen molar-refractivity contribution < 1.29 is 4.79 Å². The van der Waals surface area contributed by atoms with Crippen LogP contribution in [0.2, 0.25) is 0 Å². The second kappa shape index (κ2) is 4.67. The van der Waals surface area contributed by atoms with Gasteiger partial charge in [-0.3, -0.25) is 4.79 Å². The molecule has 0 aliphatic carbocycles. The molecule has 0 saturated heterocycles. The first-order valence-corrected chi connectivity index (χ1v) is 6.80. The van der Waals surface area contributed by atoms with Crippen LogP contribution in [0.5, 0.6) is 0 Å². The van der Waals surface area contributed by atoms with Crippen LogP contribution in [-0.4, -0.2) is 5.91 Å². The Morgan fingerprint density at radius 3 is 2.55 bits per heavy atom. The van der Waals surface area contributed by atoms with Crippen molar-refractivity contribution in [1.29, 1.82) is 0 Å². The minimum Gasteiger partial charge on any atom is -0.361 e. The molecule has 0 bridgehead atoms. The summed E-state index contributed by atoms with van der Waals surface area (Å²) >= 11 is 0. The maximum absolute atomic E-state index is 12.3. The van der Waals surface area contributed by atoms with E-state index in [1.54, 1.807) is 0 Å². The van der Waals surface area contributed by atoms with Crippen LogP contribution in [-0.2, 0) is 0 Å². The Kier molecular flexibility index (Phi) is 2.97. The summed E-state index contributed by atoms with van der Waals surface area (Å²) in [4.78, 5) is 12.3. The van der Waals surface area contributed by atoms with Crippen molar-refractivity contribution in [3.05, 3.63) is 64.2 Å². The zero-order valence-electron chi connectivity index (χ0n) is 11.9. The molecule has 0 fully saturated rings. The number of amides is 1. The predicted octanol–water partition coefficient (Wildman–Crippen LogP) is 3.47. The van der Waals surface area contributed by atoms with Crippen LogP contribution in [0.25, 0.3) is 0 Å². The summed E-state index contributed by atoms with van der Waals surface area (Å²) < 4.78 is 0. The second-order valence-corrected chi connectivity index (χ2v) is 5.41. The zero-order valence-corrected chi connectivity index (χ0v) is 11.9. The van der Waals surface area contributed by atoms with Gasteiger partial charge in [-0.1, -0.05) is 35.9 Å². The zero-order chi connectivity index (χ0) is 14.3. The van der Waals surface area contributed by atoms with Crippen LogP contribution >= 0.6 is 0 Å². The molecule has 1 atom stereocenters. The molecule has 0 saturated carbocycles. The van der Waals surface area contributed by atoms with E-state index in [4.69, 9.17) is 0 Å². The molecular formula is C17H18N2O. The van der Waals surface area contributed by atoms with Crippen LogP contribution in [0.15, 0.2) is 36.4 Å². The molecule has 102 valence electrons. The molecule has 1 amide bonds. The summed E-state index contributed by atoms with van der Waals surface area (Å²) in [7, 11) is 0. The molecule has 2 aromatic carbocycles. The van der Waals surface area contributed by atoms with Crippen molar-refractivity contribution in [2.75, 3.05) is 5.32 Å². The topological polar surface area (TPSA) is 41.1 Å². The summed E-state index contributed by atoms with van der Waals surface area (Å²) in [5.41, 5.74) is 6.12. The van der Waals surface area contributed by atoms with Gasteiger partial charge in [0.15, 0.2) is 0 Å². The van der Waals surface area contributed by atoms with Gasteiger partial charge in [0.05, 0.1) is 5.56 Å². The predicted molar refractivity (Wildman–Crippen MR) is 80.9 cm³/mol. The number of benzene rings is 2. The van der Waals surface area contributed by atoms with Crippen molar-refractivity contribution in [2.24, 2.45) is 0 Å². The van der Waals surface area contributed by atoms with Crippen LogP contribution in [0, 0.1) is 20.8 Å². The van der Waals surface area contributed by atoms with Crippen LogP contribution in [0.4, 0.5) is 5.69 Å². The number of rotatable bonds is 1. The molecule has 2 aromatic rings. The monoisotopic (exact) mass is 266 g/mol. The molecule has 1 aliphatic heterocycles.